The zero-order valence-corrected chi connectivity index (χ0v) is 16.5. The molecule has 0 aliphatic rings. The number of rotatable bonds is 4. The van der Waals surface area contributed by atoms with Crippen molar-refractivity contribution >= 4 is 40.6 Å². The number of nitriles is 1. The molecule has 158 valence electrons. The molecule has 0 unspecified atom stereocenters. The number of nitro benzene ring substituents is 1. The number of non-ortho nitro benzene ring substituents is 1. The van der Waals surface area contributed by atoms with E-state index in [0.717, 1.165) is 22.9 Å². The largest absolute Gasteiger partial charge is 0.416 e. The molecule has 1 amide bonds. The van der Waals surface area contributed by atoms with Crippen molar-refractivity contribution in [1.29, 1.82) is 5.26 Å². The fraction of sp³-hybridized carbons (Fsp3) is 0.0556. The molecule has 13 heteroatoms. The van der Waals surface area contributed by atoms with Crippen LogP contribution in [-0.4, -0.2) is 20.6 Å². The molecule has 3 aromatic rings. The summed E-state index contributed by atoms with van der Waals surface area (Å²) in [6, 6.07) is 8.83. The summed E-state index contributed by atoms with van der Waals surface area (Å²) in [6.45, 7) is 0. The number of nitro groups is 1. The van der Waals surface area contributed by atoms with Crippen LogP contribution in [0.15, 0.2) is 42.5 Å². The van der Waals surface area contributed by atoms with Gasteiger partial charge < -0.3 is 5.32 Å². The van der Waals surface area contributed by atoms with Crippen molar-refractivity contribution in [1.82, 2.24) is 9.78 Å². The minimum Gasteiger partial charge on any atom is -0.306 e. The minimum absolute atomic E-state index is 0.0430. The fourth-order valence-corrected chi connectivity index (χ4v) is 3.20. The number of carbonyl (C=O) groups excluding carboxylic acids is 1. The zero-order chi connectivity index (χ0) is 22.9. The van der Waals surface area contributed by atoms with Crippen LogP contribution < -0.4 is 5.32 Å². The average Bonchev–Trinajstić information content (AvgIpc) is 3.09. The van der Waals surface area contributed by atoms with E-state index >= 15 is 0 Å². The first-order valence-electron chi connectivity index (χ1n) is 8.14. The van der Waals surface area contributed by atoms with Crippen LogP contribution in [0.25, 0.3) is 5.69 Å². The average molecular weight is 470 g/mol. The number of amides is 1. The van der Waals surface area contributed by atoms with E-state index in [2.05, 4.69) is 10.4 Å². The molecule has 0 saturated carbocycles. The van der Waals surface area contributed by atoms with Gasteiger partial charge in [-0.05, 0) is 24.3 Å². The van der Waals surface area contributed by atoms with E-state index < -0.39 is 32.6 Å². The third-order valence-corrected chi connectivity index (χ3v) is 4.54. The predicted octanol–water partition coefficient (Wildman–Crippen LogP) is 5.23. The zero-order valence-electron chi connectivity index (χ0n) is 14.9. The lowest BCUT2D eigenvalue weighted by molar-refractivity contribution is -0.384. The van der Waals surface area contributed by atoms with Gasteiger partial charge in [0.2, 0.25) is 0 Å². The van der Waals surface area contributed by atoms with Crippen molar-refractivity contribution in [2.24, 2.45) is 0 Å². The molecule has 0 saturated heterocycles. The van der Waals surface area contributed by atoms with Gasteiger partial charge in [-0.3, -0.25) is 14.9 Å². The number of alkyl halides is 3. The molecule has 0 aliphatic carbocycles. The molecule has 2 aromatic carbocycles. The smallest absolute Gasteiger partial charge is 0.306 e. The van der Waals surface area contributed by atoms with E-state index in [-0.39, 0.29) is 28.5 Å². The topological polar surface area (TPSA) is 114 Å². The standard InChI is InChI=1S/C18H8Cl2F3N5O3/c19-13-5-10(18(21,22)23)6-14(20)16(13)27-15(7-11(8-24)26-27)25-17(29)9-1-3-12(4-2-9)28(30)31/h1-7H,(H,25,29). The second kappa shape index (κ2) is 8.25. The van der Waals surface area contributed by atoms with Gasteiger partial charge >= 0.3 is 6.18 Å². The summed E-state index contributed by atoms with van der Waals surface area (Å²) < 4.78 is 39.9. The fourth-order valence-electron chi connectivity index (χ4n) is 2.55. The van der Waals surface area contributed by atoms with Gasteiger partial charge in [0, 0.05) is 23.8 Å². The number of halogens is 5. The number of benzene rings is 2. The monoisotopic (exact) mass is 469 g/mol. The Morgan fingerprint density at radius 2 is 1.74 bits per heavy atom. The molecular formula is C18H8Cl2F3N5O3. The molecule has 1 heterocycles. The highest BCUT2D eigenvalue weighted by molar-refractivity contribution is 6.38. The van der Waals surface area contributed by atoms with Crippen molar-refractivity contribution in [3.8, 4) is 11.8 Å². The van der Waals surface area contributed by atoms with E-state index in [1.165, 1.54) is 12.1 Å². The Hall–Kier alpha value is -3.62. The Morgan fingerprint density at radius 3 is 2.23 bits per heavy atom. The molecular weight excluding hydrogens is 462 g/mol. The van der Waals surface area contributed by atoms with Crippen LogP contribution in [0.5, 0.6) is 0 Å². The molecule has 1 aromatic heterocycles. The lowest BCUT2D eigenvalue weighted by Crippen LogP contribution is -2.16. The second-order valence-corrected chi connectivity index (χ2v) is 6.80. The molecule has 0 fully saturated rings. The molecule has 1 N–H and O–H groups in total. The summed E-state index contributed by atoms with van der Waals surface area (Å²) in [6.07, 6.45) is -4.69. The second-order valence-electron chi connectivity index (χ2n) is 5.98. The van der Waals surface area contributed by atoms with Crippen molar-refractivity contribution in [3.63, 3.8) is 0 Å². The van der Waals surface area contributed by atoms with Crippen molar-refractivity contribution < 1.29 is 22.9 Å². The Kier molecular flexibility index (Phi) is 5.88. The quantitative estimate of drug-likeness (QED) is 0.414. The lowest BCUT2D eigenvalue weighted by atomic mass is 10.2. The van der Waals surface area contributed by atoms with E-state index in [0.29, 0.717) is 12.1 Å². The summed E-state index contributed by atoms with van der Waals surface area (Å²) in [5.74, 6) is -0.830. The first-order valence-corrected chi connectivity index (χ1v) is 8.89. The first kappa shape index (κ1) is 22.1. The van der Waals surface area contributed by atoms with Gasteiger partial charge in [-0.1, -0.05) is 23.2 Å². The highest BCUT2D eigenvalue weighted by Gasteiger charge is 2.32. The molecule has 0 aliphatic heterocycles. The molecule has 3 rings (SSSR count). The van der Waals surface area contributed by atoms with E-state index in [4.69, 9.17) is 28.5 Å². The maximum atomic E-state index is 13.0. The van der Waals surface area contributed by atoms with Gasteiger partial charge in [0.05, 0.1) is 20.5 Å². The number of aromatic nitrogens is 2. The summed E-state index contributed by atoms with van der Waals surface area (Å²) in [5, 5.41) is 25.3. The van der Waals surface area contributed by atoms with Gasteiger partial charge in [-0.2, -0.15) is 23.5 Å². The van der Waals surface area contributed by atoms with Crippen LogP contribution >= 0.6 is 23.2 Å². The summed E-state index contributed by atoms with van der Waals surface area (Å²) in [7, 11) is 0. The summed E-state index contributed by atoms with van der Waals surface area (Å²) >= 11 is 12.0. The maximum Gasteiger partial charge on any atom is 0.416 e. The summed E-state index contributed by atoms with van der Waals surface area (Å²) in [4.78, 5) is 22.6. The third kappa shape index (κ3) is 4.60. The van der Waals surface area contributed by atoms with Gasteiger partial charge in [0.15, 0.2) is 5.69 Å². The molecule has 8 nitrogen and oxygen atoms in total. The number of hydrogen-bond donors (Lipinski definition) is 1. The highest BCUT2D eigenvalue weighted by Crippen LogP contribution is 2.38. The Bertz CT molecular complexity index is 1210. The van der Waals surface area contributed by atoms with Gasteiger partial charge in [-0.25, -0.2) is 4.68 Å². The number of anilines is 1. The minimum atomic E-state index is -4.69. The van der Waals surface area contributed by atoms with Crippen LogP contribution in [0.3, 0.4) is 0 Å². The number of carbonyl (C=O) groups is 1. The maximum absolute atomic E-state index is 13.0. The highest BCUT2D eigenvalue weighted by atomic mass is 35.5. The lowest BCUT2D eigenvalue weighted by Gasteiger charge is -2.14. The van der Waals surface area contributed by atoms with Crippen molar-refractivity contribution in [2.75, 3.05) is 5.32 Å². The van der Waals surface area contributed by atoms with E-state index in [1.807, 2.05) is 0 Å². The van der Waals surface area contributed by atoms with E-state index in [9.17, 15) is 28.1 Å². The van der Waals surface area contributed by atoms with Crippen LogP contribution in [0.2, 0.25) is 10.0 Å². The Morgan fingerprint density at radius 1 is 1.16 bits per heavy atom. The van der Waals surface area contributed by atoms with Gasteiger partial charge in [0.1, 0.15) is 17.6 Å². The number of nitrogens with zero attached hydrogens (tertiary/aromatic N) is 4. The predicted molar refractivity (Wildman–Crippen MR) is 104 cm³/mol. The van der Waals surface area contributed by atoms with Crippen molar-refractivity contribution in [2.45, 2.75) is 6.18 Å². The van der Waals surface area contributed by atoms with Crippen LogP contribution in [0, 0.1) is 21.4 Å². The van der Waals surface area contributed by atoms with Crippen LogP contribution in [0.4, 0.5) is 24.7 Å². The normalized spacial score (nSPS) is 11.1. The summed E-state index contributed by atoms with van der Waals surface area (Å²) in [5.41, 5.74) is -1.63. The Labute approximate surface area is 181 Å². The molecule has 0 bridgehead atoms. The van der Waals surface area contributed by atoms with Crippen molar-refractivity contribution in [3.05, 3.63) is 79.4 Å². The SMILES string of the molecule is N#Cc1cc(NC(=O)c2ccc([N+](=O)[O-])cc2)n(-c2c(Cl)cc(C(F)(F)F)cc2Cl)n1. The van der Waals surface area contributed by atoms with Crippen LogP contribution in [0.1, 0.15) is 21.6 Å². The van der Waals surface area contributed by atoms with E-state index in [1.54, 1.807) is 6.07 Å². The molecule has 0 atom stereocenters. The van der Waals surface area contributed by atoms with Gasteiger partial charge in [0.25, 0.3) is 11.6 Å². The third-order valence-electron chi connectivity index (χ3n) is 3.96. The Balaban J connectivity index is 2.02. The molecule has 0 spiro atoms. The number of nitrogens with one attached hydrogen (secondary N) is 1. The van der Waals surface area contributed by atoms with Gasteiger partial charge in [-0.15, -0.1) is 0 Å². The number of hydrogen-bond acceptors (Lipinski definition) is 5. The molecule has 0 radical (unpaired) electrons. The van der Waals surface area contributed by atoms with Crippen LogP contribution in [-0.2, 0) is 6.18 Å². The molecule has 31 heavy (non-hydrogen) atoms. The first-order chi connectivity index (χ1) is 14.5.